The Bertz CT molecular complexity index is 641. The fourth-order valence-corrected chi connectivity index (χ4v) is 8.08. The number of carboxylic acid groups (broad SMARTS) is 1. The van der Waals surface area contributed by atoms with Gasteiger partial charge in [-0.25, -0.2) is 4.79 Å². The Labute approximate surface area is 244 Å². The maximum Gasteiger partial charge on any atom is 0.333 e. The van der Waals surface area contributed by atoms with Gasteiger partial charge in [0.2, 0.25) is 0 Å². The molecule has 4 unspecified atom stereocenters. The number of thioether (sulfide) groups is 1. The third kappa shape index (κ3) is 18.9. The molecule has 0 aromatic rings. The first kappa shape index (κ1) is 37.0. The van der Waals surface area contributed by atoms with Crippen LogP contribution in [0.1, 0.15) is 143 Å². The summed E-state index contributed by atoms with van der Waals surface area (Å²) in [6.45, 7) is 6.23. The summed E-state index contributed by atoms with van der Waals surface area (Å²) in [4.78, 5) is 22.1. The van der Waals surface area contributed by atoms with Crippen LogP contribution in [0, 0.1) is 11.8 Å². The van der Waals surface area contributed by atoms with Crippen LogP contribution in [0.15, 0.2) is 0 Å². The summed E-state index contributed by atoms with van der Waals surface area (Å²) in [6, 6.07) is 0. The monoisotopic (exact) mass is 592 g/mol. The molecule has 0 aromatic heterocycles. The lowest BCUT2D eigenvalue weighted by Crippen LogP contribution is -2.37. The number of hydrogen-bond acceptors (Lipinski definition) is 5. The number of unbranched alkanes of at least 4 members (excludes halogenated alkanes) is 9. The largest absolute Gasteiger partial charge is 0.479 e. The number of ether oxygens (including phenoxy) is 1. The molecule has 232 valence electrons. The zero-order valence-corrected chi connectivity index (χ0v) is 27.2. The second-order valence-corrected chi connectivity index (χ2v) is 14.8. The number of carbonyl (C=O) groups is 1. The minimum atomic E-state index is -4.00. The smallest absolute Gasteiger partial charge is 0.333 e. The summed E-state index contributed by atoms with van der Waals surface area (Å²) in [5.41, 5.74) is 0. The molecule has 0 amide bonds. The zero-order chi connectivity index (χ0) is 28.8. The van der Waals surface area contributed by atoms with Crippen LogP contribution in [-0.4, -0.2) is 52.5 Å². The van der Waals surface area contributed by atoms with Crippen molar-refractivity contribution in [3.05, 3.63) is 0 Å². The first-order valence-electron chi connectivity index (χ1n) is 16.2. The highest BCUT2D eigenvalue weighted by Crippen LogP contribution is 2.44. The Hall–Kier alpha value is -0.0700. The van der Waals surface area contributed by atoms with Crippen LogP contribution in [0.2, 0.25) is 0 Å². The molecule has 1 saturated carbocycles. The van der Waals surface area contributed by atoms with Gasteiger partial charge in [-0.05, 0) is 55.9 Å². The van der Waals surface area contributed by atoms with Gasteiger partial charge in [-0.15, -0.1) is 0 Å². The van der Waals surface area contributed by atoms with Gasteiger partial charge >= 0.3 is 13.6 Å². The van der Waals surface area contributed by atoms with Gasteiger partial charge in [-0.2, -0.15) is 11.8 Å². The summed E-state index contributed by atoms with van der Waals surface area (Å²) >= 11 is 2.12. The molecule has 0 spiro atoms. The van der Waals surface area contributed by atoms with Crippen molar-refractivity contribution in [1.29, 1.82) is 0 Å². The van der Waals surface area contributed by atoms with E-state index >= 15 is 0 Å². The maximum atomic E-state index is 12.4. The number of aliphatic carboxylic acids is 1. The van der Waals surface area contributed by atoms with Crippen LogP contribution < -0.4 is 0 Å². The van der Waals surface area contributed by atoms with Crippen molar-refractivity contribution >= 4 is 25.3 Å². The highest BCUT2D eigenvalue weighted by atomic mass is 32.2. The topological polar surface area (TPSA) is 93.1 Å². The second-order valence-electron chi connectivity index (χ2n) is 11.7. The van der Waals surface area contributed by atoms with Gasteiger partial charge in [0.25, 0.3) is 0 Å². The van der Waals surface area contributed by atoms with Gasteiger partial charge in [-0.3, -0.25) is 4.57 Å². The normalized spacial score (nSPS) is 18.8. The first-order valence-corrected chi connectivity index (χ1v) is 19.1. The van der Waals surface area contributed by atoms with E-state index in [4.69, 9.17) is 9.26 Å². The van der Waals surface area contributed by atoms with Crippen LogP contribution in [0.25, 0.3) is 0 Å². The average Bonchev–Trinajstić information content (AvgIpc) is 3.18. The SMILES string of the molecule is CCCCCCCCSCCCCCCCC(C1CCCCCC1)C(C)OC(CP(=O)(O)OCCC)C(=O)O. The molecular weight excluding hydrogens is 531 g/mol. The molecule has 1 rings (SSSR count). The molecule has 39 heavy (non-hydrogen) atoms. The molecule has 8 heteroatoms. The molecule has 1 aliphatic rings. The molecule has 0 aromatic carbocycles. The Morgan fingerprint density at radius 2 is 1.44 bits per heavy atom. The molecule has 0 aliphatic heterocycles. The van der Waals surface area contributed by atoms with Gasteiger partial charge in [0.1, 0.15) is 0 Å². The molecule has 0 heterocycles. The third-order valence-corrected chi connectivity index (χ3v) is 10.7. The predicted molar refractivity (Wildman–Crippen MR) is 166 cm³/mol. The van der Waals surface area contributed by atoms with Crippen molar-refractivity contribution in [3.8, 4) is 0 Å². The maximum absolute atomic E-state index is 12.4. The van der Waals surface area contributed by atoms with Gasteiger partial charge in [-0.1, -0.05) is 110 Å². The molecule has 0 bridgehead atoms. The third-order valence-electron chi connectivity index (χ3n) is 8.12. The molecule has 0 radical (unpaired) electrons. The van der Waals surface area contributed by atoms with E-state index in [1.807, 2.05) is 13.8 Å². The number of carboxylic acids is 1. The Morgan fingerprint density at radius 1 is 0.872 bits per heavy atom. The summed E-state index contributed by atoms with van der Waals surface area (Å²) < 4.78 is 23.5. The van der Waals surface area contributed by atoms with Crippen molar-refractivity contribution < 1.29 is 28.6 Å². The molecule has 6 nitrogen and oxygen atoms in total. The Balaban J connectivity index is 2.45. The average molecular weight is 593 g/mol. The quantitative estimate of drug-likeness (QED) is 0.0619. The van der Waals surface area contributed by atoms with Crippen LogP contribution in [-0.2, 0) is 18.6 Å². The highest BCUT2D eigenvalue weighted by molar-refractivity contribution is 7.99. The summed E-state index contributed by atoms with van der Waals surface area (Å²) in [6.07, 6.45) is 21.3. The predicted octanol–water partition coefficient (Wildman–Crippen LogP) is 9.48. The molecule has 0 saturated heterocycles. The van der Waals surface area contributed by atoms with Crippen molar-refractivity contribution in [1.82, 2.24) is 0 Å². The van der Waals surface area contributed by atoms with Crippen molar-refractivity contribution in [2.45, 2.75) is 155 Å². The summed E-state index contributed by atoms with van der Waals surface area (Å²) in [5, 5.41) is 9.74. The van der Waals surface area contributed by atoms with Crippen molar-refractivity contribution in [2.75, 3.05) is 24.3 Å². The minimum Gasteiger partial charge on any atom is -0.479 e. The number of rotatable bonds is 25. The lowest BCUT2D eigenvalue weighted by Gasteiger charge is -2.33. The van der Waals surface area contributed by atoms with Gasteiger partial charge < -0.3 is 19.3 Å². The summed E-state index contributed by atoms with van der Waals surface area (Å²) in [7, 11) is -4.00. The van der Waals surface area contributed by atoms with E-state index < -0.39 is 25.8 Å². The lowest BCUT2D eigenvalue weighted by molar-refractivity contribution is -0.155. The van der Waals surface area contributed by atoms with E-state index in [1.54, 1.807) is 0 Å². The van der Waals surface area contributed by atoms with E-state index in [2.05, 4.69) is 18.7 Å². The van der Waals surface area contributed by atoms with E-state index in [1.165, 1.54) is 114 Å². The van der Waals surface area contributed by atoms with Crippen molar-refractivity contribution in [2.24, 2.45) is 11.8 Å². The van der Waals surface area contributed by atoms with Crippen LogP contribution >= 0.6 is 19.4 Å². The Morgan fingerprint density at radius 3 is 2.00 bits per heavy atom. The van der Waals surface area contributed by atoms with Gasteiger partial charge in [0.05, 0.1) is 18.9 Å². The van der Waals surface area contributed by atoms with Crippen molar-refractivity contribution in [3.63, 3.8) is 0 Å². The fourth-order valence-electron chi connectivity index (χ4n) is 5.83. The second kappa shape index (κ2) is 23.5. The van der Waals surface area contributed by atoms with E-state index in [0.717, 1.165) is 12.8 Å². The van der Waals surface area contributed by atoms with Gasteiger partial charge in [0, 0.05) is 0 Å². The molecule has 2 N–H and O–H groups in total. The molecular formula is C31H61O6PS. The standard InChI is InChI=1S/C31H61O6PS/c1-4-6-7-8-13-18-24-39-25-19-14-9-10-17-22-29(28-20-15-11-12-16-21-28)27(3)37-30(31(32)33)26-38(34,35)36-23-5-2/h27-30H,4-26H2,1-3H3,(H,32,33)(H,34,35). The van der Waals surface area contributed by atoms with E-state index in [9.17, 15) is 19.4 Å². The summed E-state index contributed by atoms with van der Waals surface area (Å²) in [5.74, 6) is 2.21. The van der Waals surface area contributed by atoms with Crippen LogP contribution in [0.5, 0.6) is 0 Å². The minimum absolute atomic E-state index is 0.137. The first-order chi connectivity index (χ1) is 18.8. The Kier molecular flexibility index (Phi) is 22.3. The lowest BCUT2D eigenvalue weighted by atomic mass is 9.79. The highest BCUT2D eigenvalue weighted by Gasteiger charge is 2.35. The van der Waals surface area contributed by atoms with Crippen LogP contribution in [0.4, 0.5) is 0 Å². The van der Waals surface area contributed by atoms with E-state index in [0.29, 0.717) is 12.3 Å². The molecule has 1 aliphatic carbocycles. The van der Waals surface area contributed by atoms with Gasteiger partial charge in [0.15, 0.2) is 6.10 Å². The van der Waals surface area contributed by atoms with E-state index in [-0.39, 0.29) is 18.6 Å². The number of hydrogen-bond donors (Lipinski definition) is 2. The molecule has 1 fully saturated rings. The van der Waals surface area contributed by atoms with Crippen LogP contribution in [0.3, 0.4) is 0 Å². The molecule has 4 atom stereocenters. The zero-order valence-electron chi connectivity index (χ0n) is 25.5. The fraction of sp³-hybridized carbons (Fsp3) is 0.968.